The summed E-state index contributed by atoms with van der Waals surface area (Å²) < 4.78 is 21.7. The molecule has 154 valence electrons. The number of rotatable bonds is 8. The summed E-state index contributed by atoms with van der Waals surface area (Å²) >= 11 is 0.0666. The van der Waals surface area contributed by atoms with Gasteiger partial charge in [-0.2, -0.15) is 0 Å². The molecule has 2 rings (SSSR count). The van der Waals surface area contributed by atoms with E-state index in [1.807, 2.05) is 26.8 Å². The van der Waals surface area contributed by atoms with Crippen LogP contribution in [0.5, 0.6) is 0 Å². The fourth-order valence-electron chi connectivity index (χ4n) is 2.60. The van der Waals surface area contributed by atoms with E-state index in [2.05, 4.69) is 21.6 Å². The van der Waals surface area contributed by atoms with Gasteiger partial charge in [0.2, 0.25) is 6.41 Å². The molecule has 2 N–H and O–H groups in total. The molecule has 0 aromatic carbocycles. The minimum atomic E-state index is -1.46. The van der Waals surface area contributed by atoms with Crippen molar-refractivity contribution in [1.29, 1.82) is 0 Å². The van der Waals surface area contributed by atoms with Gasteiger partial charge in [0.05, 0.1) is 21.8 Å². The Bertz CT molecular complexity index is 744. The topological polar surface area (TPSA) is 86.3 Å². The van der Waals surface area contributed by atoms with Crippen molar-refractivity contribution in [3.8, 4) is 0 Å². The predicted molar refractivity (Wildman–Crippen MR) is 116 cm³/mol. The summed E-state index contributed by atoms with van der Waals surface area (Å²) in [7, 11) is 0. The highest BCUT2D eigenvalue weighted by Crippen LogP contribution is 2.36. The van der Waals surface area contributed by atoms with Gasteiger partial charge in [0, 0.05) is 24.1 Å². The lowest BCUT2D eigenvalue weighted by atomic mass is 10.1. The first-order valence-electron chi connectivity index (χ1n) is 9.26. The first-order valence-corrected chi connectivity index (χ1v) is 11.2. The molecule has 1 aromatic rings. The second-order valence-corrected chi connectivity index (χ2v) is 9.95. The van der Waals surface area contributed by atoms with Crippen molar-refractivity contribution in [1.82, 2.24) is 15.0 Å². The molecular weight excluding hydrogens is 394 g/mol. The molecule has 1 aliphatic rings. The van der Waals surface area contributed by atoms with Gasteiger partial charge in [-0.25, -0.2) is 4.98 Å². The minimum Gasteiger partial charge on any atom is -0.593 e. The van der Waals surface area contributed by atoms with Crippen LogP contribution >= 0.6 is 11.3 Å². The fraction of sp³-hybridized carbons (Fsp3) is 0.500. The maximum atomic E-state index is 12.8. The van der Waals surface area contributed by atoms with E-state index in [0.717, 1.165) is 41.3 Å². The van der Waals surface area contributed by atoms with Gasteiger partial charge >= 0.3 is 0 Å². The predicted octanol–water partition coefficient (Wildman–Crippen LogP) is 3.98. The Labute approximate surface area is 174 Å². The highest BCUT2D eigenvalue weighted by molar-refractivity contribution is 7.94. The molecule has 0 aliphatic carbocycles. The molecule has 1 aromatic heterocycles. The van der Waals surface area contributed by atoms with Crippen LogP contribution in [0.4, 0.5) is 0 Å². The molecule has 1 unspecified atom stereocenters. The summed E-state index contributed by atoms with van der Waals surface area (Å²) in [6.07, 6.45) is 9.19. The van der Waals surface area contributed by atoms with Crippen LogP contribution < -0.4 is 10.0 Å². The molecule has 1 saturated heterocycles. The Morgan fingerprint density at radius 2 is 2.18 bits per heavy atom. The summed E-state index contributed by atoms with van der Waals surface area (Å²) in [5.74, 6) is 0. The first kappa shape index (κ1) is 22.8. The molecule has 0 bridgehead atoms. The van der Waals surface area contributed by atoms with Crippen LogP contribution in [0.25, 0.3) is 5.57 Å². The number of aromatic nitrogens is 1. The number of nitrogens with one attached hydrogen (secondary N) is 2. The summed E-state index contributed by atoms with van der Waals surface area (Å²) in [5, 5.41) is 3.52. The summed E-state index contributed by atoms with van der Waals surface area (Å²) in [5.41, 5.74) is 1.08. The van der Waals surface area contributed by atoms with Gasteiger partial charge in [0.25, 0.3) is 0 Å². The van der Waals surface area contributed by atoms with E-state index in [1.165, 1.54) is 11.3 Å². The SMILES string of the molecule is C=C(/C(=C\C=C(/C)NC=O)c1cnc([C@@H]2CCCCO2)s1)[S+]([O-])NC(C)(C)C. The maximum absolute atomic E-state index is 12.8. The highest BCUT2D eigenvalue weighted by Gasteiger charge is 2.27. The number of allylic oxidation sites excluding steroid dienone is 4. The van der Waals surface area contributed by atoms with Crippen LogP contribution in [-0.4, -0.2) is 28.1 Å². The van der Waals surface area contributed by atoms with E-state index in [9.17, 15) is 9.35 Å². The first-order chi connectivity index (χ1) is 13.2. The van der Waals surface area contributed by atoms with Gasteiger partial charge in [0.1, 0.15) is 11.1 Å². The number of carbonyl (C=O) groups is 1. The smallest absolute Gasteiger partial charge is 0.211 e. The van der Waals surface area contributed by atoms with Gasteiger partial charge < -0.3 is 14.6 Å². The molecule has 1 amide bonds. The fourth-order valence-corrected chi connectivity index (χ4v) is 4.77. The lowest BCUT2D eigenvalue weighted by molar-refractivity contribution is -0.108. The molecule has 8 heteroatoms. The van der Waals surface area contributed by atoms with Crippen molar-refractivity contribution in [2.45, 2.75) is 58.6 Å². The van der Waals surface area contributed by atoms with Crippen molar-refractivity contribution < 1.29 is 14.1 Å². The summed E-state index contributed by atoms with van der Waals surface area (Å²) in [6.45, 7) is 12.4. The van der Waals surface area contributed by atoms with Crippen LogP contribution in [0, 0.1) is 0 Å². The van der Waals surface area contributed by atoms with E-state index < -0.39 is 11.4 Å². The lowest BCUT2D eigenvalue weighted by Crippen LogP contribution is -2.41. The van der Waals surface area contributed by atoms with Crippen LogP contribution in [0.1, 0.15) is 62.9 Å². The number of hydrogen-bond donors (Lipinski definition) is 2. The van der Waals surface area contributed by atoms with Crippen molar-refractivity contribution >= 4 is 34.7 Å². The third-order valence-electron chi connectivity index (χ3n) is 3.95. The normalized spacial score (nSPS) is 20.0. The summed E-state index contributed by atoms with van der Waals surface area (Å²) in [6, 6.07) is 0. The van der Waals surface area contributed by atoms with Crippen LogP contribution in [0.15, 0.2) is 35.5 Å². The third-order valence-corrected chi connectivity index (χ3v) is 6.54. The molecule has 0 spiro atoms. The Hall–Kier alpha value is -1.45. The molecule has 2 atom stereocenters. The van der Waals surface area contributed by atoms with Gasteiger partial charge in [0.15, 0.2) is 4.91 Å². The number of hydrogen-bond acceptors (Lipinski definition) is 6. The van der Waals surface area contributed by atoms with Crippen LogP contribution in [-0.2, 0) is 20.9 Å². The third kappa shape index (κ3) is 6.86. The van der Waals surface area contributed by atoms with Gasteiger partial charge in [-0.1, -0.05) is 0 Å². The number of ether oxygens (including phenoxy) is 1. The lowest BCUT2D eigenvalue weighted by Gasteiger charge is -2.23. The molecule has 6 nitrogen and oxygen atoms in total. The minimum absolute atomic E-state index is 0.0224. The monoisotopic (exact) mass is 423 g/mol. The standard InChI is InChI=1S/C20H29N3O3S2/c1-14(22-13-24)9-10-16(15(2)28(25)23-20(3,4)5)18-12-21-19(27-18)17-8-6-7-11-26-17/h9-10,12-13,17,23H,2,6-8,11H2,1,3-5H3,(H,22,24)/b14-9+,16-10+/t17-,28?/m0/s1. The van der Waals surface area contributed by atoms with E-state index >= 15 is 0 Å². The quantitative estimate of drug-likeness (QED) is 0.375. The molecule has 1 aliphatic heterocycles. The largest absolute Gasteiger partial charge is 0.593 e. The van der Waals surface area contributed by atoms with E-state index in [1.54, 1.807) is 19.2 Å². The zero-order valence-corrected chi connectivity index (χ0v) is 18.5. The molecule has 28 heavy (non-hydrogen) atoms. The average molecular weight is 424 g/mol. The van der Waals surface area contributed by atoms with E-state index in [4.69, 9.17) is 4.74 Å². The van der Waals surface area contributed by atoms with Crippen LogP contribution in [0.2, 0.25) is 0 Å². The highest BCUT2D eigenvalue weighted by atomic mass is 32.2. The van der Waals surface area contributed by atoms with Gasteiger partial charge in [-0.05, 0) is 65.7 Å². The number of carbonyl (C=O) groups excluding carboxylic acids is 1. The van der Waals surface area contributed by atoms with Crippen molar-refractivity contribution in [3.63, 3.8) is 0 Å². The molecule has 2 heterocycles. The number of nitrogens with zero attached hydrogens (tertiary/aromatic N) is 1. The molecular formula is C20H29N3O3S2. The van der Waals surface area contributed by atoms with E-state index in [0.29, 0.717) is 17.0 Å². The average Bonchev–Trinajstić information content (AvgIpc) is 3.11. The van der Waals surface area contributed by atoms with Gasteiger partial charge in [-0.15, -0.1) is 16.1 Å². The Morgan fingerprint density at radius 1 is 1.43 bits per heavy atom. The Morgan fingerprint density at radius 3 is 2.79 bits per heavy atom. The van der Waals surface area contributed by atoms with Crippen LogP contribution in [0.3, 0.4) is 0 Å². The van der Waals surface area contributed by atoms with Crippen molar-refractivity contribution in [3.05, 3.63) is 45.4 Å². The maximum Gasteiger partial charge on any atom is 0.211 e. The second-order valence-electron chi connectivity index (χ2n) is 7.65. The molecule has 0 saturated carbocycles. The summed E-state index contributed by atoms with van der Waals surface area (Å²) in [4.78, 5) is 16.5. The zero-order valence-electron chi connectivity index (χ0n) is 16.9. The Kier molecular flexibility index (Phi) is 8.45. The Balaban J connectivity index is 2.31. The van der Waals surface area contributed by atoms with Crippen molar-refractivity contribution in [2.24, 2.45) is 0 Å². The van der Waals surface area contributed by atoms with E-state index in [-0.39, 0.29) is 11.6 Å². The molecule has 1 fully saturated rings. The van der Waals surface area contributed by atoms with Gasteiger partial charge in [-0.3, -0.25) is 4.79 Å². The second kappa shape index (κ2) is 10.4. The van der Waals surface area contributed by atoms with Crippen molar-refractivity contribution in [2.75, 3.05) is 6.61 Å². The number of amides is 1. The molecule has 0 radical (unpaired) electrons. The number of thiazole rings is 1. The zero-order chi connectivity index (χ0) is 20.7.